The standard InChI is InChI=1S/C49H35BN2OS/c1-28-25-36-31-17-12-18-34-43-32-15-8-10-19-40(32)53-48(43)52(46(31)34)50-37-22-24-42-44(33-16-9-11-20-41(33)54-42)47(37)51(39(26-28)45(36)50)38-23-21-30(49(2,3)4)27-35(38)29-13-6-5-7-14-29/h5-27H,1-4H3. The van der Waals surface area contributed by atoms with Crippen LogP contribution < -0.4 is 15.8 Å². The Balaban J connectivity index is 1.28. The van der Waals surface area contributed by atoms with Gasteiger partial charge in [0.1, 0.15) is 5.58 Å². The maximum atomic E-state index is 6.93. The van der Waals surface area contributed by atoms with Gasteiger partial charge in [-0.15, -0.1) is 11.3 Å². The number of hydrogen-bond donors (Lipinski definition) is 0. The van der Waals surface area contributed by atoms with Gasteiger partial charge < -0.3 is 13.8 Å². The Morgan fingerprint density at radius 2 is 1.39 bits per heavy atom. The first-order chi connectivity index (χ1) is 26.3. The summed E-state index contributed by atoms with van der Waals surface area (Å²) in [5.74, 6) is 0. The predicted octanol–water partition coefficient (Wildman–Crippen LogP) is 12.6. The molecule has 0 amide bonds. The van der Waals surface area contributed by atoms with E-state index in [1.807, 2.05) is 11.3 Å². The summed E-state index contributed by atoms with van der Waals surface area (Å²) in [6.07, 6.45) is 0. The molecule has 3 nitrogen and oxygen atoms in total. The number of anilines is 3. The van der Waals surface area contributed by atoms with Crippen LogP contribution >= 0.6 is 11.3 Å². The van der Waals surface area contributed by atoms with Gasteiger partial charge in [0.25, 0.3) is 0 Å². The smallest absolute Gasteiger partial charge is 0.336 e. The van der Waals surface area contributed by atoms with E-state index in [1.54, 1.807) is 0 Å². The molecule has 7 aromatic carbocycles. The van der Waals surface area contributed by atoms with Gasteiger partial charge in [0.2, 0.25) is 0 Å². The van der Waals surface area contributed by atoms with Crippen LogP contribution in [-0.2, 0) is 5.41 Å². The Hall–Kier alpha value is -6.04. The molecule has 2 aliphatic rings. The van der Waals surface area contributed by atoms with E-state index in [2.05, 4.69) is 177 Å². The second kappa shape index (κ2) is 10.6. The number of fused-ring (bicyclic) bond motifs is 13. The van der Waals surface area contributed by atoms with Crippen LogP contribution in [0.5, 0.6) is 0 Å². The molecule has 0 aliphatic carbocycles. The summed E-state index contributed by atoms with van der Waals surface area (Å²) in [5.41, 5.74) is 17.0. The van der Waals surface area contributed by atoms with E-state index in [9.17, 15) is 0 Å². The van der Waals surface area contributed by atoms with Gasteiger partial charge in [-0.25, -0.2) is 0 Å². The molecule has 10 aromatic rings. The summed E-state index contributed by atoms with van der Waals surface area (Å²) in [5, 5.41) is 6.22. The third kappa shape index (κ3) is 3.92. The number of para-hydroxylation sites is 2. The Morgan fingerprint density at radius 1 is 0.611 bits per heavy atom. The molecule has 3 aromatic heterocycles. The Labute approximate surface area is 317 Å². The largest absolute Gasteiger partial charge is 0.441 e. The van der Waals surface area contributed by atoms with Gasteiger partial charge >= 0.3 is 6.85 Å². The molecule has 0 spiro atoms. The van der Waals surface area contributed by atoms with E-state index in [0.717, 1.165) is 11.3 Å². The zero-order chi connectivity index (χ0) is 36.0. The average molecular weight is 711 g/mol. The fourth-order valence-corrected chi connectivity index (χ4v) is 10.7. The van der Waals surface area contributed by atoms with Gasteiger partial charge in [-0.2, -0.15) is 0 Å². The van der Waals surface area contributed by atoms with E-state index >= 15 is 0 Å². The topological polar surface area (TPSA) is 21.3 Å². The Bertz CT molecular complexity index is 3230. The van der Waals surface area contributed by atoms with Crippen LogP contribution in [0, 0.1) is 6.92 Å². The first kappa shape index (κ1) is 30.4. The van der Waals surface area contributed by atoms with Crippen molar-refractivity contribution in [1.29, 1.82) is 0 Å². The molecule has 0 bridgehead atoms. The summed E-state index contributed by atoms with van der Waals surface area (Å²) in [4.78, 5) is 2.62. The predicted molar refractivity (Wildman–Crippen MR) is 232 cm³/mol. The summed E-state index contributed by atoms with van der Waals surface area (Å²) < 4.78 is 12.1. The molecule has 54 heavy (non-hydrogen) atoms. The molecule has 0 atom stereocenters. The highest BCUT2D eigenvalue weighted by Crippen LogP contribution is 2.52. The van der Waals surface area contributed by atoms with Crippen LogP contribution in [0.3, 0.4) is 0 Å². The van der Waals surface area contributed by atoms with Crippen molar-refractivity contribution in [2.45, 2.75) is 33.1 Å². The minimum atomic E-state index is -0.0885. The first-order valence-electron chi connectivity index (χ1n) is 18.9. The van der Waals surface area contributed by atoms with Crippen molar-refractivity contribution < 1.29 is 4.42 Å². The SMILES string of the molecule is Cc1cc2c3c(c1)N(c1ccc(C(C)(C)C)cc1-c1ccccc1)c1c(ccc4sc5ccccc5c14)B3n1c3oc4ccccc4c3c3cccc-2c31. The summed E-state index contributed by atoms with van der Waals surface area (Å²) in [6.45, 7) is 9.10. The number of aryl methyl sites for hydroxylation is 1. The number of rotatable bonds is 2. The Morgan fingerprint density at radius 3 is 2.24 bits per heavy atom. The van der Waals surface area contributed by atoms with Crippen LogP contribution in [-0.4, -0.2) is 11.3 Å². The second-order valence-electron chi connectivity index (χ2n) is 16.2. The van der Waals surface area contributed by atoms with Gasteiger partial charge in [-0.1, -0.05) is 124 Å². The van der Waals surface area contributed by atoms with Gasteiger partial charge in [-0.05, 0) is 81.9 Å². The number of benzene rings is 7. The van der Waals surface area contributed by atoms with Crippen LogP contribution in [0.4, 0.5) is 17.1 Å². The molecule has 0 N–H and O–H groups in total. The minimum absolute atomic E-state index is 0.00620. The van der Waals surface area contributed by atoms with Crippen molar-refractivity contribution in [3.05, 3.63) is 151 Å². The number of aromatic nitrogens is 1. The molecule has 0 saturated heterocycles. The zero-order valence-corrected chi connectivity index (χ0v) is 31.4. The van der Waals surface area contributed by atoms with E-state index in [0.29, 0.717) is 0 Å². The van der Waals surface area contributed by atoms with Crippen LogP contribution in [0.2, 0.25) is 0 Å². The van der Waals surface area contributed by atoms with Gasteiger partial charge in [-0.3, -0.25) is 0 Å². The van der Waals surface area contributed by atoms with Crippen molar-refractivity contribution in [1.82, 2.24) is 4.48 Å². The van der Waals surface area contributed by atoms with E-state index in [1.165, 1.54) is 103 Å². The fraction of sp³-hybridized carbons (Fsp3) is 0.102. The van der Waals surface area contributed by atoms with Crippen molar-refractivity contribution in [3.63, 3.8) is 0 Å². The van der Waals surface area contributed by atoms with Crippen LogP contribution in [0.25, 0.3) is 75.4 Å². The number of furan rings is 1. The number of hydrogen-bond acceptors (Lipinski definition) is 3. The van der Waals surface area contributed by atoms with Crippen molar-refractivity contribution in [2.24, 2.45) is 0 Å². The third-order valence-corrected chi connectivity index (χ3v) is 13.1. The fourth-order valence-electron chi connectivity index (χ4n) is 9.62. The highest BCUT2D eigenvalue weighted by molar-refractivity contribution is 7.26. The molecular weight excluding hydrogens is 675 g/mol. The van der Waals surface area contributed by atoms with E-state index in [4.69, 9.17) is 4.42 Å². The highest BCUT2D eigenvalue weighted by atomic mass is 32.1. The molecule has 2 aliphatic heterocycles. The minimum Gasteiger partial charge on any atom is -0.441 e. The van der Waals surface area contributed by atoms with Gasteiger partial charge in [0, 0.05) is 53.3 Å². The maximum absolute atomic E-state index is 6.93. The number of nitrogens with zero attached hydrogens (tertiary/aromatic N) is 2. The molecule has 5 heteroatoms. The summed E-state index contributed by atoms with van der Waals surface area (Å²) in [7, 11) is 0. The molecule has 0 saturated carbocycles. The molecule has 5 heterocycles. The summed E-state index contributed by atoms with van der Waals surface area (Å²) in [6, 6.07) is 52.0. The molecule has 0 unspecified atom stereocenters. The maximum Gasteiger partial charge on any atom is 0.336 e. The zero-order valence-electron chi connectivity index (χ0n) is 30.6. The van der Waals surface area contributed by atoms with E-state index in [-0.39, 0.29) is 12.3 Å². The van der Waals surface area contributed by atoms with Crippen LogP contribution in [0.1, 0.15) is 31.9 Å². The lowest BCUT2D eigenvalue weighted by atomic mass is 9.45. The monoisotopic (exact) mass is 710 g/mol. The van der Waals surface area contributed by atoms with Crippen LogP contribution in [0.15, 0.2) is 144 Å². The molecule has 0 fully saturated rings. The van der Waals surface area contributed by atoms with Gasteiger partial charge in [0.15, 0.2) is 5.71 Å². The normalized spacial score (nSPS) is 13.5. The highest BCUT2D eigenvalue weighted by Gasteiger charge is 2.45. The van der Waals surface area contributed by atoms with Crippen molar-refractivity contribution >= 4 is 99.3 Å². The molecule has 0 radical (unpaired) electrons. The molecular formula is C49H35BN2OS. The number of thiophene rings is 1. The average Bonchev–Trinajstić information content (AvgIpc) is 3.86. The first-order valence-corrected chi connectivity index (χ1v) is 19.7. The van der Waals surface area contributed by atoms with Crippen molar-refractivity contribution in [2.75, 3.05) is 4.90 Å². The van der Waals surface area contributed by atoms with E-state index < -0.39 is 0 Å². The lowest BCUT2D eigenvalue weighted by Gasteiger charge is -2.41. The van der Waals surface area contributed by atoms with Gasteiger partial charge in [0.05, 0.1) is 16.8 Å². The lowest BCUT2D eigenvalue weighted by molar-refractivity contribution is 0.590. The summed E-state index contributed by atoms with van der Waals surface area (Å²) >= 11 is 1.89. The Kier molecular flexibility index (Phi) is 5.95. The lowest BCUT2D eigenvalue weighted by Crippen LogP contribution is -2.56. The van der Waals surface area contributed by atoms with Crippen molar-refractivity contribution in [3.8, 4) is 22.3 Å². The molecule has 12 rings (SSSR count). The third-order valence-electron chi connectivity index (χ3n) is 12.0. The quantitative estimate of drug-likeness (QED) is 0.167. The second-order valence-corrected chi connectivity index (χ2v) is 17.2. The molecule has 256 valence electrons.